The number of carbonyl (C=O) groups is 1. The van der Waals surface area contributed by atoms with Crippen LogP contribution in [0.4, 0.5) is 0 Å². The van der Waals surface area contributed by atoms with Crippen LogP contribution < -0.4 is 16.0 Å². The molecule has 6 heteroatoms. The van der Waals surface area contributed by atoms with Crippen molar-refractivity contribution in [3.05, 3.63) is 34.9 Å². The number of hydrogen-bond acceptors (Lipinski definition) is 3. The molecule has 0 saturated carbocycles. The van der Waals surface area contributed by atoms with Gasteiger partial charge in [-0.15, -0.1) is 0 Å². The maximum atomic E-state index is 11.7. The average Bonchev–Trinajstić information content (AvgIpc) is 2.51. The van der Waals surface area contributed by atoms with Crippen LogP contribution in [0.15, 0.2) is 23.2 Å². The Kier molecular flexibility index (Phi) is 8.75. The molecule has 0 aliphatic heterocycles. The Morgan fingerprint density at radius 1 is 1.22 bits per heavy atom. The van der Waals surface area contributed by atoms with Crippen LogP contribution in [0, 0.1) is 13.8 Å². The molecule has 0 atom stereocenters. The summed E-state index contributed by atoms with van der Waals surface area (Å²) < 4.78 is 4.89. The van der Waals surface area contributed by atoms with Crippen molar-refractivity contribution in [1.29, 1.82) is 0 Å². The molecular formula is C17H28N4O2. The zero-order valence-electron chi connectivity index (χ0n) is 14.5. The summed E-state index contributed by atoms with van der Waals surface area (Å²) in [5.74, 6) is 0.550. The van der Waals surface area contributed by atoms with Crippen molar-refractivity contribution in [2.75, 3.05) is 33.4 Å². The van der Waals surface area contributed by atoms with Gasteiger partial charge in [0.15, 0.2) is 5.96 Å². The van der Waals surface area contributed by atoms with Gasteiger partial charge in [0.05, 0.1) is 19.7 Å². The van der Waals surface area contributed by atoms with Crippen LogP contribution in [0.5, 0.6) is 0 Å². The molecule has 0 aliphatic carbocycles. The number of aryl methyl sites for hydroxylation is 2. The van der Waals surface area contributed by atoms with Crippen molar-refractivity contribution in [3.63, 3.8) is 0 Å². The average molecular weight is 320 g/mol. The molecule has 0 unspecified atom stereocenters. The van der Waals surface area contributed by atoms with Gasteiger partial charge in [0.25, 0.3) is 0 Å². The van der Waals surface area contributed by atoms with E-state index in [2.05, 4.69) is 53.0 Å². The van der Waals surface area contributed by atoms with E-state index < -0.39 is 0 Å². The highest BCUT2D eigenvalue weighted by atomic mass is 16.5. The normalized spacial score (nSPS) is 11.2. The van der Waals surface area contributed by atoms with Gasteiger partial charge in [-0.2, -0.15) is 0 Å². The Morgan fingerprint density at radius 2 is 2.00 bits per heavy atom. The van der Waals surface area contributed by atoms with Crippen LogP contribution in [-0.4, -0.2) is 45.2 Å². The molecule has 0 heterocycles. The fraction of sp³-hybridized carbons (Fsp3) is 0.529. The van der Waals surface area contributed by atoms with E-state index in [-0.39, 0.29) is 12.5 Å². The van der Waals surface area contributed by atoms with Gasteiger partial charge in [0.1, 0.15) is 0 Å². The largest absolute Gasteiger partial charge is 0.383 e. The first-order valence-electron chi connectivity index (χ1n) is 7.90. The molecule has 3 N–H and O–H groups in total. The van der Waals surface area contributed by atoms with Crippen LogP contribution >= 0.6 is 0 Å². The highest BCUT2D eigenvalue weighted by molar-refractivity contribution is 5.86. The zero-order valence-corrected chi connectivity index (χ0v) is 14.5. The summed E-state index contributed by atoms with van der Waals surface area (Å²) in [6.45, 7) is 8.67. The number of ether oxygens (including phenoxy) is 1. The van der Waals surface area contributed by atoms with Gasteiger partial charge < -0.3 is 20.7 Å². The van der Waals surface area contributed by atoms with Crippen molar-refractivity contribution in [1.82, 2.24) is 16.0 Å². The summed E-state index contributed by atoms with van der Waals surface area (Å²) in [6.07, 6.45) is 0. The third-order valence-electron chi connectivity index (χ3n) is 3.29. The minimum Gasteiger partial charge on any atom is -0.383 e. The standard InChI is InChI=1S/C17H28N4O2/c1-5-18-17(21-12-16(22)19-8-9-23-4)20-11-15-7-6-13(2)10-14(15)3/h6-7,10H,5,8-9,11-12H2,1-4H3,(H,19,22)(H2,18,20,21). The van der Waals surface area contributed by atoms with Crippen molar-refractivity contribution in [3.8, 4) is 0 Å². The van der Waals surface area contributed by atoms with Gasteiger partial charge in [-0.1, -0.05) is 23.8 Å². The number of rotatable bonds is 8. The maximum absolute atomic E-state index is 11.7. The lowest BCUT2D eigenvalue weighted by atomic mass is 10.1. The summed E-state index contributed by atoms with van der Waals surface area (Å²) in [4.78, 5) is 16.2. The number of amides is 1. The second-order valence-electron chi connectivity index (χ2n) is 5.32. The predicted molar refractivity (Wildman–Crippen MR) is 93.6 cm³/mol. The topological polar surface area (TPSA) is 74.8 Å². The van der Waals surface area contributed by atoms with Crippen LogP contribution in [0.3, 0.4) is 0 Å². The highest BCUT2D eigenvalue weighted by Gasteiger charge is 2.04. The summed E-state index contributed by atoms with van der Waals surface area (Å²) in [6, 6.07) is 6.32. The van der Waals surface area contributed by atoms with Crippen molar-refractivity contribution in [2.45, 2.75) is 27.3 Å². The molecule has 23 heavy (non-hydrogen) atoms. The minimum atomic E-state index is -0.0841. The first-order valence-corrected chi connectivity index (χ1v) is 7.90. The quantitative estimate of drug-likeness (QED) is 0.381. The van der Waals surface area contributed by atoms with Gasteiger partial charge in [-0.3, -0.25) is 4.79 Å². The maximum Gasteiger partial charge on any atom is 0.239 e. The lowest BCUT2D eigenvalue weighted by Crippen LogP contribution is -2.43. The van der Waals surface area contributed by atoms with Crippen molar-refractivity contribution < 1.29 is 9.53 Å². The molecule has 0 saturated heterocycles. The fourth-order valence-electron chi connectivity index (χ4n) is 2.05. The van der Waals surface area contributed by atoms with E-state index in [4.69, 9.17) is 4.74 Å². The number of guanidine groups is 1. The molecule has 0 fully saturated rings. The molecular weight excluding hydrogens is 292 g/mol. The third-order valence-corrected chi connectivity index (χ3v) is 3.29. The third kappa shape index (κ3) is 7.65. The molecule has 0 bridgehead atoms. The van der Waals surface area contributed by atoms with Crippen LogP contribution in [0.1, 0.15) is 23.6 Å². The summed E-state index contributed by atoms with van der Waals surface area (Å²) in [7, 11) is 1.60. The molecule has 0 aromatic heterocycles. The summed E-state index contributed by atoms with van der Waals surface area (Å²) in [5.41, 5.74) is 3.65. The first kappa shape index (κ1) is 19.0. The van der Waals surface area contributed by atoms with Crippen molar-refractivity contribution >= 4 is 11.9 Å². The number of carbonyl (C=O) groups excluding carboxylic acids is 1. The highest BCUT2D eigenvalue weighted by Crippen LogP contribution is 2.11. The molecule has 0 aliphatic rings. The van der Waals surface area contributed by atoms with E-state index >= 15 is 0 Å². The van der Waals surface area contributed by atoms with E-state index in [0.29, 0.717) is 25.7 Å². The molecule has 1 aromatic rings. The Balaban J connectivity index is 2.54. The van der Waals surface area contributed by atoms with E-state index in [9.17, 15) is 4.79 Å². The van der Waals surface area contributed by atoms with Gasteiger partial charge in [0.2, 0.25) is 5.91 Å². The van der Waals surface area contributed by atoms with E-state index in [0.717, 1.165) is 6.54 Å². The van der Waals surface area contributed by atoms with Crippen LogP contribution in [0.2, 0.25) is 0 Å². The summed E-state index contributed by atoms with van der Waals surface area (Å²) >= 11 is 0. The number of aliphatic imine (C=N–C) groups is 1. The minimum absolute atomic E-state index is 0.0841. The Labute approximate surface area is 138 Å². The number of methoxy groups -OCH3 is 1. The van der Waals surface area contributed by atoms with Gasteiger partial charge in [-0.05, 0) is 31.9 Å². The second kappa shape index (κ2) is 10.6. The van der Waals surface area contributed by atoms with Gasteiger partial charge >= 0.3 is 0 Å². The molecule has 0 radical (unpaired) electrons. The summed E-state index contributed by atoms with van der Waals surface area (Å²) in [5, 5.41) is 8.94. The SMILES string of the molecule is CCNC(=NCc1ccc(C)cc1C)NCC(=O)NCCOC. The van der Waals surface area contributed by atoms with Crippen LogP contribution in [-0.2, 0) is 16.1 Å². The molecule has 1 amide bonds. The number of benzene rings is 1. The van der Waals surface area contributed by atoms with E-state index in [1.54, 1.807) is 7.11 Å². The first-order chi connectivity index (χ1) is 11.1. The molecule has 1 rings (SSSR count). The molecule has 1 aromatic carbocycles. The lowest BCUT2D eigenvalue weighted by Gasteiger charge is -2.12. The molecule has 6 nitrogen and oxygen atoms in total. The number of nitrogens with zero attached hydrogens (tertiary/aromatic N) is 1. The Morgan fingerprint density at radius 3 is 2.65 bits per heavy atom. The van der Waals surface area contributed by atoms with Crippen LogP contribution in [0.25, 0.3) is 0 Å². The molecule has 0 spiro atoms. The second-order valence-corrected chi connectivity index (χ2v) is 5.32. The Bertz CT molecular complexity index is 529. The zero-order chi connectivity index (χ0) is 17.1. The monoisotopic (exact) mass is 320 g/mol. The van der Waals surface area contributed by atoms with Crippen molar-refractivity contribution in [2.24, 2.45) is 4.99 Å². The van der Waals surface area contributed by atoms with Gasteiger partial charge in [0, 0.05) is 20.2 Å². The fourth-order valence-corrected chi connectivity index (χ4v) is 2.05. The molecule has 128 valence electrons. The predicted octanol–water partition coefficient (Wildman–Crippen LogP) is 1.12. The van der Waals surface area contributed by atoms with E-state index in [1.807, 2.05) is 6.92 Å². The Hall–Kier alpha value is -2.08. The van der Waals surface area contributed by atoms with E-state index in [1.165, 1.54) is 16.7 Å². The van der Waals surface area contributed by atoms with Gasteiger partial charge in [-0.25, -0.2) is 4.99 Å². The smallest absolute Gasteiger partial charge is 0.239 e. The lowest BCUT2D eigenvalue weighted by molar-refractivity contribution is -0.120. The number of nitrogens with one attached hydrogen (secondary N) is 3. The number of hydrogen-bond donors (Lipinski definition) is 3.